The van der Waals surface area contributed by atoms with Gasteiger partial charge in [0.05, 0.1) is 10.6 Å². The quantitative estimate of drug-likeness (QED) is 0.846. The Bertz CT molecular complexity index is 672. The van der Waals surface area contributed by atoms with Crippen LogP contribution in [-0.2, 0) is 0 Å². The van der Waals surface area contributed by atoms with E-state index in [1.807, 2.05) is 12.1 Å². The number of anilines is 1. The molecule has 5 nitrogen and oxygen atoms in total. The average Bonchev–Trinajstić information content (AvgIpc) is 2.55. The summed E-state index contributed by atoms with van der Waals surface area (Å²) in [6.07, 6.45) is 1.64. The molecular formula is C15H14Cl2N4O. The molecule has 0 spiro atoms. The van der Waals surface area contributed by atoms with Crippen LogP contribution in [0.2, 0.25) is 10.0 Å². The van der Waals surface area contributed by atoms with Crippen LogP contribution in [0.5, 0.6) is 0 Å². The summed E-state index contributed by atoms with van der Waals surface area (Å²) in [5.41, 5.74) is 0.485. The number of carbonyl (C=O) groups is 1. The summed E-state index contributed by atoms with van der Waals surface area (Å²) in [4.78, 5) is 16.4. The van der Waals surface area contributed by atoms with Crippen molar-refractivity contribution in [2.24, 2.45) is 0 Å². The van der Waals surface area contributed by atoms with Gasteiger partial charge in [-0.05, 0) is 30.3 Å². The van der Waals surface area contributed by atoms with Gasteiger partial charge in [-0.1, -0.05) is 23.2 Å². The number of piperazine rings is 1. The monoisotopic (exact) mass is 336 g/mol. The van der Waals surface area contributed by atoms with Crippen molar-refractivity contribution in [2.45, 2.75) is 0 Å². The van der Waals surface area contributed by atoms with Crippen LogP contribution in [0, 0.1) is 0 Å². The third kappa shape index (κ3) is 3.15. The van der Waals surface area contributed by atoms with E-state index < -0.39 is 0 Å². The molecule has 0 N–H and O–H groups in total. The van der Waals surface area contributed by atoms with Gasteiger partial charge in [-0.3, -0.25) is 4.79 Å². The predicted molar refractivity (Wildman–Crippen MR) is 86.6 cm³/mol. The fourth-order valence-electron chi connectivity index (χ4n) is 2.43. The van der Waals surface area contributed by atoms with E-state index in [-0.39, 0.29) is 5.91 Å². The second-order valence-electron chi connectivity index (χ2n) is 4.99. The predicted octanol–water partition coefficient (Wildman–Crippen LogP) is 2.75. The summed E-state index contributed by atoms with van der Waals surface area (Å²) in [6.45, 7) is 2.67. The minimum atomic E-state index is -0.0690. The van der Waals surface area contributed by atoms with Gasteiger partial charge in [0.2, 0.25) is 0 Å². The number of nitrogens with zero attached hydrogens (tertiary/aromatic N) is 4. The van der Waals surface area contributed by atoms with Crippen LogP contribution in [0.4, 0.5) is 5.82 Å². The normalized spacial score (nSPS) is 15.0. The Labute approximate surface area is 138 Å². The SMILES string of the molecule is O=C(c1ccc(Cl)cc1Cl)N1CCN(c2cccnn2)CC1. The van der Waals surface area contributed by atoms with E-state index in [4.69, 9.17) is 23.2 Å². The van der Waals surface area contributed by atoms with E-state index in [0.29, 0.717) is 28.7 Å². The van der Waals surface area contributed by atoms with E-state index >= 15 is 0 Å². The number of hydrogen-bond acceptors (Lipinski definition) is 4. The maximum atomic E-state index is 12.5. The third-order valence-corrected chi connectivity index (χ3v) is 4.16. The Morgan fingerprint density at radius 3 is 2.50 bits per heavy atom. The molecule has 1 aromatic heterocycles. The molecule has 0 saturated carbocycles. The second-order valence-corrected chi connectivity index (χ2v) is 5.83. The molecule has 0 unspecified atom stereocenters. The first-order valence-corrected chi connectivity index (χ1v) is 7.68. The molecule has 1 saturated heterocycles. The molecule has 1 amide bonds. The van der Waals surface area contributed by atoms with Crippen molar-refractivity contribution in [1.29, 1.82) is 0 Å². The Kier molecular flexibility index (Phi) is 4.45. The summed E-state index contributed by atoms with van der Waals surface area (Å²) in [5.74, 6) is 0.764. The zero-order valence-corrected chi connectivity index (χ0v) is 13.3. The number of rotatable bonds is 2. The third-order valence-electron chi connectivity index (χ3n) is 3.61. The van der Waals surface area contributed by atoms with Crippen LogP contribution in [-0.4, -0.2) is 47.2 Å². The number of aromatic nitrogens is 2. The van der Waals surface area contributed by atoms with E-state index in [9.17, 15) is 4.79 Å². The van der Waals surface area contributed by atoms with E-state index in [0.717, 1.165) is 18.9 Å². The highest BCUT2D eigenvalue weighted by Gasteiger charge is 2.24. The van der Waals surface area contributed by atoms with Gasteiger partial charge in [-0.25, -0.2) is 0 Å². The smallest absolute Gasteiger partial charge is 0.255 e. The van der Waals surface area contributed by atoms with Crippen molar-refractivity contribution in [3.05, 3.63) is 52.1 Å². The highest BCUT2D eigenvalue weighted by atomic mass is 35.5. The van der Waals surface area contributed by atoms with Gasteiger partial charge in [0.15, 0.2) is 5.82 Å². The average molecular weight is 337 g/mol. The molecular weight excluding hydrogens is 323 g/mol. The first-order chi connectivity index (χ1) is 10.6. The lowest BCUT2D eigenvalue weighted by atomic mass is 10.2. The van der Waals surface area contributed by atoms with E-state index in [1.54, 1.807) is 29.3 Å². The molecule has 7 heteroatoms. The summed E-state index contributed by atoms with van der Waals surface area (Å²) in [7, 11) is 0. The fourth-order valence-corrected chi connectivity index (χ4v) is 2.92. The topological polar surface area (TPSA) is 49.3 Å². The molecule has 2 aromatic rings. The molecule has 0 aliphatic carbocycles. The van der Waals surface area contributed by atoms with Gasteiger partial charge in [0.1, 0.15) is 0 Å². The zero-order chi connectivity index (χ0) is 15.5. The van der Waals surface area contributed by atoms with Gasteiger partial charge >= 0.3 is 0 Å². The lowest BCUT2D eigenvalue weighted by molar-refractivity contribution is 0.0746. The van der Waals surface area contributed by atoms with Crippen LogP contribution in [0.15, 0.2) is 36.5 Å². The van der Waals surface area contributed by atoms with Crippen LogP contribution in [0.3, 0.4) is 0 Å². The van der Waals surface area contributed by atoms with Gasteiger partial charge in [-0.2, -0.15) is 5.10 Å². The van der Waals surface area contributed by atoms with Gasteiger partial charge in [0.25, 0.3) is 5.91 Å². The van der Waals surface area contributed by atoms with Crippen LogP contribution in [0.1, 0.15) is 10.4 Å². The Morgan fingerprint density at radius 1 is 1.09 bits per heavy atom. The molecule has 0 bridgehead atoms. The lowest BCUT2D eigenvalue weighted by Gasteiger charge is -2.35. The minimum Gasteiger partial charge on any atom is -0.352 e. The van der Waals surface area contributed by atoms with E-state index in [1.165, 1.54) is 0 Å². The molecule has 114 valence electrons. The maximum Gasteiger partial charge on any atom is 0.255 e. The van der Waals surface area contributed by atoms with Crippen molar-refractivity contribution >= 4 is 34.9 Å². The second kappa shape index (κ2) is 6.50. The maximum absolute atomic E-state index is 12.5. The number of benzene rings is 1. The highest BCUT2D eigenvalue weighted by molar-refractivity contribution is 6.36. The summed E-state index contributed by atoms with van der Waals surface area (Å²) < 4.78 is 0. The molecule has 1 aliphatic heterocycles. The summed E-state index contributed by atoms with van der Waals surface area (Å²) in [6, 6.07) is 8.71. The number of amides is 1. The van der Waals surface area contributed by atoms with Gasteiger partial charge in [-0.15, -0.1) is 5.10 Å². The number of carbonyl (C=O) groups excluding carboxylic acids is 1. The Hall–Kier alpha value is -1.85. The minimum absolute atomic E-state index is 0.0690. The Morgan fingerprint density at radius 2 is 1.86 bits per heavy atom. The molecule has 3 rings (SSSR count). The van der Waals surface area contributed by atoms with Crippen molar-refractivity contribution < 1.29 is 4.79 Å². The first kappa shape index (κ1) is 15.1. The fraction of sp³-hybridized carbons (Fsp3) is 0.267. The lowest BCUT2D eigenvalue weighted by Crippen LogP contribution is -2.49. The molecule has 0 radical (unpaired) electrons. The largest absolute Gasteiger partial charge is 0.352 e. The highest BCUT2D eigenvalue weighted by Crippen LogP contribution is 2.23. The van der Waals surface area contributed by atoms with Crippen LogP contribution >= 0.6 is 23.2 Å². The van der Waals surface area contributed by atoms with Gasteiger partial charge in [0, 0.05) is 37.4 Å². The van der Waals surface area contributed by atoms with E-state index in [2.05, 4.69) is 15.1 Å². The first-order valence-electron chi connectivity index (χ1n) is 6.92. The van der Waals surface area contributed by atoms with Gasteiger partial charge < -0.3 is 9.80 Å². The molecule has 22 heavy (non-hydrogen) atoms. The standard InChI is InChI=1S/C15H14Cl2N4O/c16-11-3-4-12(13(17)10-11)15(22)21-8-6-20(7-9-21)14-2-1-5-18-19-14/h1-5,10H,6-9H2. The van der Waals surface area contributed by atoms with Crippen LogP contribution in [0.25, 0.3) is 0 Å². The van der Waals surface area contributed by atoms with Crippen molar-refractivity contribution in [3.63, 3.8) is 0 Å². The van der Waals surface area contributed by atoms with Crippen molar-refractivity contribution in [2.75, 3.05) is 31.1 Å². The molecule has 0 atom stereocenters. The Balaban J connectivity index is 1.67. The number of halogens is 2. The molecule has 1 fully saturated rings. The summed E-state index contributed by atoms with van der Waals surface area (Å²) in [5, 5.41) is 8.88. The molecule has 1 aliphatic rings. The zero-order valence-electron chi connectivity index (χ0n) is 11.7. The summed E-state index contributed by atoms with van der Waals surface area (Å²) >= 11 is 12.0. The van der Waals surface area contributed by atoms with Crippen LogP contribution < -0.4 is 4.90 Å². The van der Waals surface area contributed by atoms with Crippen molar-refractivity contribution in [3.8, 4) is 0 Å². The molecule has 1 aromatic carbocycles. The van der Waals surface area contributed by atoms with Crippen molar-refractivity contribution in [1.82, 2.24) is 15.1 Å². The number of hydrogen-bond donors (Lipinski definition) is 0. The molecule has 2 heterocycles.